The van der Waals surface area contributed by atoms with E-state index in [2.05, 4.69) is 62.7 Å². The number of hydrazone groups is 1. The van der Waals surface area contributed by atoms with Crippen molar-refractivity contribution >= 4 is 61.9 Å². The Kier molecular flexibility index (Phi) is 8.04. The maximum absolute atomic E-state index is 12.4. The van der Waals surface area contributed by atoms with Crippen molar-refractivity contribution in [2.24, 2.45) is 5.10 Å². The normalized spacial score (nSPS) is 11.1. The molecule has 0 aliphatic rings. The quantitative estimate of drug-likeness (QED) is 0.109. The molecular weight excluding hydrogens is 589 g/mol. The number of hydrogen-bond acceptors (Lipinski definition) is 5. The first kappa shape index (κ1) is 25.5. The first-order valence-corrected chi connectivity index (χ1v) is 13.2. The number of methoxy groups -OCH3 is 1. The lowest BCUT2D eigenvalue weighted by Gasteiger charge is -2.14. The maximum Gasteiger partial charge on any atom is 0.259 e. The smallest absolute Gasteiger partial charge is 0.259 e. The molecule has 0 aliphatic heterocycles. The fourth-order valence-electron chi connectivity index (χ4n) is 4.30. The van der Waals surface area contributed by atoms with Gasteiger partial charge in [0.05, 0.1) is 23.4 Å². The highest BCUT2D eigenvalue weighted by Gasteiger charge is 2.12. The minimum Gasteiger partial charge on any atom is -0.493 e. The molecule has 0 bridgehead atoms. The lowest BCUT2D eigenvalue weighted by atomic mass is 10.1. The summed E-state index contributed by atoms with van der Waals surface area (Å²) in [4.78, 5) is 12.4. The molecule has 38 heavy (non-hydrogen) atoms. The molecule has 0 aliphatic carbocycles. The standard InChI is InChI=1S/C31H26IN3O3/c1-37-29-17-21(16-27(32)31(29)38-20-24-12-6-10-22-8-2-4-13-25(22)24)18-34-35-30(36)19-33-28-15-7-11-23-9-3-5-14-26(23)28/h2-18,33H,19-20H2,1H3,(H,35,36)/b34-18-. The minimum absolute atomic E-state index is 0.104. The lowest BCUT2D eigenvalue weighted by molar-refractivity contribution is -0.119. The van der Waals surface area contributed by atoms with Crippen molar-refractivity contribution in [1.82, 2.24) is 5.43 Å². The second-order valence-electron chi connectivity index (χ2n) is 8.63. The van der Waals surface area contributed by atoms with Crippen LogP contribution < -0.4 is 20.2 Å². The Labute approximate surface area is 234 Å². The summed E-state index contributed by atoms with van der Waals surface area (Å²) in [6.07, 6.45) is 1.59. The zero-order valence-electron chi connectivity index (χ0n) is 20.8. The van der Waals surface area contributed by atoms with Crippen molar-refractivity contribution in [1.29, 1.82) is 0 Å². The van der Waals surface area contributed by atoms with Crippen LogP contribution in [0.2, 0.25) is 0 Å². The number of anilines is 1. The van der Waals surface area contributed by atoms with E-state index in [-0.39, 0.29) is 12.5 Å². The molecule has 0 spiro atoms. The molecule has 5 rings (SSSR count). The number of fused-ring (bicyclic) bond motifs is 2. The predicted octanol–water partition coefficient (Wildman–Crippen LogP) is 6.75. The van der Waals surface area contributed by atoms with Gasteiger partial charge in [0, 0.05) is 11.1 Å². The molecule has 0 aromatic heterocycles. The second kappa shape index (κ2) is 12.0. The Morgan fingerprint density at radius 1 is 0.895 bits per heavy atom. The molecule has 0 unspecified atom stereocenters. The summed E-state index contributed by atoms with van der Waals surface area (Å²) in [7, 11) is 1.61. The number of halogens is 1. The van der Waals surface area contributed by atoms with E-state index in [4.69, 9.17) is 9.47 Å². The average molecular weight is 615 g/mol. The number of carbonyl (C=O) groups excluding carboxylic acids is 1. The molecule has 2 N–H and O–H groups in total. The van der Waals surface area contributed by atoms with Crippen LogP contribution >= 0.6 is 22.6 Å². The molecule has 5 aromatic rings. The fraction of sp³-hybridized carbons (Fsp3) is 0.0968. The van der Waals surface area contributed by atoms with Crippen LogP contribution in [0.15, 0.2) is 102 Å². The van der Waals surface area contributed by atoms with Gasteiger partial charge in [0.1, 0.15) is 6.61 Å². The molecule has 7 heteroatoms. The van der Waals surface area contributed by atoms with Crippen LogP contribution in [0.3, 0.4) is 0 Å². The molecule has 0 atom stereocenters. The Bertz CT molecular complexity index is 1620. The third-order valence-electron chi connectivity index (χ3n) is 6.14. The van der Waals surface area contributed by atoms with Crippen LogP contribution in [0, 0.1) is 3.57 Å². The van der Waals surface area contributed by atoms with Crippen molar-refractivity contribution in [2.45, 2.75) is 6.61 Å². The first-order valence-electron chi connectivity index (χ1n) is 12.1. The van der Waals surface area contributed by atoms with E-state index < -0.39 is 0 Å². The zero-order chi connectivity index (χ0) is 26.3. The van der Waals surface area contributed by atoms with Gasteiger partial charge in [-0.25, -0.2) is 5.43 Å². The van der Waals surface area contributed by atoms with Gasteiger partial charge in [-0.05, 0) is 68.1 Å². The number of hydrogen-bond donors (Lipinski definition) is 2. The van der Waals surface area contributed by atoms with Gasteiger partial charge in [0.15, 0.2) is 11.5 Å². The Balaban J connectivity index is 1.21. The third-order valence-corrected chi connectivity index (χ3v) is 6.94. The monoisotopic (exact) mass is 615 g/mol. The number of rotatable bonds is 9. The summed E-state index contributed by atoms with van der Waals surface area (Å²) in [6.45, 7) is 0.522. The molecule has 1 amide bonds. The van der Waals surface area contributed by atoms with E-state index in [9.17, 15) is 4.79 Å². The van der Waals surface area contributed by atoms with E-state index in [0.29, 0.717) is 18.1 Å². The topological polar surface area (TPSA) is 72.0 Å². The lowest BCUT2D eigenvalue weighted by Crippen LogP contribution is -2.25. The molecule has 0 radical (unpaired) electrons. The van der Waals surface area contributed by atoms with Crippen LogP contribution in [-0.4, -0.2) is 25.8 Å². The summed E-state index contributed by atoms with van der Waals surface area (Å²) in [6, 6.07) is 32.2. The van der Waals surface area contributed by atoms with E-state index in [1.807, 2.05) is 72.8 Å². The largest absolute Gasteiger partial charge is 0.493 e. The van der Waals surface area contributed by atoms with Crippen LogP contribution in [-0.2, 0) is 11.4 Å². The summed E-state index contributed by atoms with van der Waals surface area (Å²) in [5.74, 6) is 1.02. The van der Waals surface area contributed by atoms with Gasteiger partial charge in [-0.1, -0.05) is 78.9 Å². The molecule has 0 saturated heterocycles. The average Bonchev–Trinajstić information content (AvgIpc) is 2.95. The highest BCUT2D eigenvalue weighted by molar-refractivity contribution is 14.1. The number of amides is 1. The zero-order valence-corrected chi connectivity index (χ0v) is 22.9. The second-order valence-corrected chi connectivity index (χ2v) is 9.80. The van der Waals surface area contributed by atoms with Crippen LogP contribution in [0.1, 0.15) is 11.1 Å². The van der Waals surface area contributed by atoms with E-state index in [0.717, 1.165) is 31.2 Å². The van der Waals surface area contributed by atoms with Crippen LogP contribution in [0.4, 0.5) is 5.69 Å². The summed E-state index contributed by atoms with van der Waals surface area (Å²) in [5.41, 5.74) is 5.37. The first-order chi connectivity index (χ1) is 18.6. The number of nitrogens with one attached hydrogen (secondary N) is 2. The summed E-state index contributed by atoms with van der Waals surface area (Å²) < 4.78 is 12.7. The van der Waals surface area contributed by atoms with Crippen LogP contribution in [0.25, 0.3) is 21.5 Å². The highest BCUT2D eigenvalue weighted by atomic mass is 127. The van der Waals surface area contributed by atoms with E-state index >= 15 is 0 Å². The molecule has 0 saturated carbocycles. The molecule has 6 nitrogen and oxygen atoms in total. The van der Waals surface area contributed by atoms with Gasteiger partial charge in [-0.3, -0.25) is 4.79 Å². The summed E-state index contributed by atoms with van der Waals surface area (Å²) in [5, 5.41) is 11.8. The Morgan fingerprint density at radius 2 is 1.58 bits per heavy atom. The van der Waals surface area contributed by atoms with Gasteiger partial charge in [-0.2, -0.15) is 5.10 Å². The molecule has 5 aromatic carbocycles. The maximum atomic E-state index is 12.4. The molecule has 0 fully saturated rings. The van der Waals surface area contributed by atoms with Crippen molar-refractivity contribution in [3.05, 3.63) is 112 Å². The van der Waals surface area contributed by atoms with E-state index in [1.54, 1.807) is 13.3 Å². The number of nitrogens with zero attached hydrogens (tertiary/aromatic N) is 1. The van der Waals surface area contributed by atoms with Gasteiger partial charge in [0.25, 0.3) is 5.91 Å². The highest BCUT2D eigenvalue weighted by Crippen LogP contribution is 2.34. The van der Waals surface area contributed by atoms with Crippen molar-refractivity contribution in [3.63, 3.8) is 0 Å². The van der Waals surface area contributed by atoms with Crippen molar-refractivity contribution in [3.8, 4) is 11.5 Å². The Hall–Kier alpha value is -4.11. The summed E-state index contributed by atoms with van der Waals surface area (Å²) >= 11 is 2.22. The van der Waals surface area contributed by atoms with Gasteiger partial charge < -0.3 is 14.8 Å². The molecular formula is C31H26IN3O3. The van der Waals surface area contributed by atoms with Crippen molar-refractivity contribution in [2.75, 3.05) is 19.0 Å². The van der Waals surface area contributed by atoms with Gasteiger partial charge >= 0.3 is 0 Å². The molecule has 0 heterocycles. The van der Waals surface area contributed by atoms with Gasteiger partial charge in [-0.15, -0.1) is 0 Å². The van der Waals surface area contributed by atoms with Crippen molar-refractivity contribution < 1.29 is 14.3 Å². The molecule has 190 valence electrons. The Morgan fingerprint density at radius 3 is 2.37 bits per heavy atom. The number of benzene rings is 5. The third kappa shape index (κ3) is 5.89. The minimum atomic E-state index is -0.245. The SMILES string of the molecule is COc1cc(/C=N\NC(=O)CNc2cccc3ccccc23)cc(I)c1OCc1cccc2ccccc12. The fourth-order valence-corrected chi connectivity index (χ4v) is 5.08. The van der Waals surface area contributed by atoms with E-state index in [1.165, 1.54) is 10.8 Å². The van der Waals surface area contributed by atoms with Crippen LogP contribution in [0.5, 0.6) is 11.5 Å². The predicted molar refractivity (Wildman–Crippen MR) is 162 cm³/mol. The number of carbonyl (C=O) groups is 1. The number of ether oxygens (including phenoxy) is 2. The van der Waals surface area contributed by atoms with Gasteiger partial charge in [0.2, 0.25) is 0 Å².